The highest BCUT2D eigenvalue weighted by Gasteiger charge is 2.21. The first kappa shape index (κ1) is 20.5. The number of rotatable bonds is 5. The van der Waals surface area contributed by atoms with Crippen molar-refractivity contribution >= 4 is 50.7 Å². The predicted octanol–water partition coefficient (Wildman–Crippen LogP) is 5.83. The summed E-state index contributed by atoms with van der Waals surface area (Å²) < 4.78 is 27.4. The van der Waals surface area contributed by atoms with Gasteiger partial charge in [0.2, 0.25) is 9.84 Å². The van der Waals surface area contributed by atoms with Gasteiger partial charge in [0.25, 0.3) is 0 Å². The largest absolute Gasteiger partial charge is 0.343 e. The number of allylic oxidation sites excluding steroid dienone is 1. The molecule has 0 saturated heterocycles. The molecule has 0 fully saturated rings. The second-order valence-corrected chi connectivity index (χ2v) is 9.07. The zero-order valence-corrected chi connectivity index (χ0v) is 17.4. The van der Waals surface area contributed by atoms with E-state index in [0.717, 1.165) is 5.56 Å². The first-order chi connectivity index (χ1) is 13.3. The summed E-state index contributed by atoms with van der Waals surface area (Å²) in [6, 6.07) is 16.1. The molecule has 3 rings (SSSR count). The molecule has 8 heteroatoms. The average Bonchev–Trinajstić information content (AvgIpc) is 3.09. The topological polar surface area (TPSA) is 62.9 Å². The highest BCUT2D eigenvalue weighted by Crippen LogP contribution is 2.25. The maximum absolute atomic E-state index is 12.8. The molecule has 0 spiro atoms. The fraction of sp³-hybridized carbons (Fsp3) is 0.0500. The number of hydrogen-bond donors (Lipinski definition) is 0. The Bertz CT molecular complexity index is 1190. The highest BCUT2D eigenvalue weighted by atomic mass is 35.5. The van der Waals surface area contributed by atoms with Crippen LogP contribution in [0.25, 0.3) is 6.08 Å². The molecule has 0 aliphatic heterocycles. The summed E-state index contributed by atoms with van der Waals surface area (Å²) in [5.41, 5.74) is 1.37. The molecule has 142 valence electrons. The summed E-state index contributed by atoms with van der Waals surface area (Å²) in [5.74, 6) is 0. The SMILES string of the molecule is N#C/C(=C/c1cccn1Cc1ccc(Cl)cc1Cl)S(=O)(=O)c1ccc(Cl)cc1. The van der Waals surface area contributed by atoms with Crippen molar-refractivity contribution in [3.63, 3.8) is 0 Å². The maximum Gasteiger partial charge on any atom is 0.216 e. The van der Waals surface area contributed by atoms with Crippen molar-refractivity contribution in [3.05, 3.63) is 92.0 Å². The van der Waals surface area contributed by atoms with Crippen molar-refractivity contribution in [2.75, 3.05) is 0 Å². The molecular weight excluding hydrogens is 439 g/mol. The smallest absolute Gasteiger partial charge is 0.216 e. The number of nitrogens with zero attached hydrogens (tertiary/aromatic N) is 2. The van der Waals surface area contributed by atoms with Gasteiger partial charge in [-0.25, -0.2) is 8.42 Å². The Morgan fingerprint density at radius 2 is 1.71 bits per heavy atom. The molecule has 4 nitrogen and oxygen atoms in total. The van der Waals surface area contributed by atoms with Crippen molar-refractivity contribution in [3.8, 4) is 6.07 Å². The van der Waals surface area contributed by atoms with Gasteiger partial charge in [-0.15, -0.1) is 0 Å². The van der Waals surface area contributed by atoms with Crippen LogP contribution >= 0.6 is 34.8 Å². The summed E-state index contributed by atoms with van der Waals surface area (Å²) in [7, 11) is -3.96. The number of sulfone groups is 1. The molecule has 1 aromatic heterocycles. The molecule has 0 radical (unpaired) electrons. The standard InChI is InChI=1S/C20H13Cl3N2O2S/c21-15-5-7-18(8-6-15)28(26,27)19(12-24)11-17-2-1-9-25(17)13-14-3-4-16(22)10-20(14)23/h1-11H,13H2/b19-11-. The van der Waals surface area contributed by atoms with E-state index in [4.69, 9.17) is 34.8 Å². The van der Waals surface area contributed by atoms with Gasteiger partial charge in [-0.05, 0) is 60.2 Å². The molecule has 0 aliphatic rings. The van der Waals surface area contributed by atoms with Crippen LogP contribution in [-0.4, -0.2) is 13.0 Å². The van der Waals surface area contributed by atoms with Gasteiger partial charge < -0.3 is 4.57 Å². The lowest BCUT2D eigenvalue weighted by molar-refractivity contribution is 0.603. The van der Waals surface area contributed by atoms with Crippen molar-refractivity contribution < 1.29 is 8.42 Å². The van der Waals surface area contributed by atoms with E-state index >= 15 is 0 Å². The third-order valence-electron chi connectivity index (χ3n) is 4.02. The first-order valence-electron chi connectivity index (χ1n) is 8.03. The van der Waals surface area contributed by atoms with Crippen LogP contribution < -0.4 is 0 Å². The van der Waals surface area contributed by atoms with Crippen molar-refractivity contribution in [1.82, 2.24) is 4.57 Å². The van der Waals surface area contributed by atoms with Gasteiger partial charge in [0.1, 0.15) is 6.07 Å². The van der Waals surface area contributed by atoms with Gasteiger partial charge in [-0.2, -0.15) is 5.26 Å². The van der Waals surface area contributed by atoms with Gasteiger partial charge >= 0.3 is 0 Å². The zero-order valence-electron chi connectivity index (χ0n) is 14.3. The fourth-order valence-electron chi connectivity index (χ4n) is 2.58. The molecule has 1 heterocycles. The molecule has 0 unspecified atom stereocenters. The second-order valence-electron chi connectivity index (χ2n) is 5.87. The van der Waals surface area contributed by atoms with E-state index in [1.165, 1.54) is 30.3 Å². The summed E-state index contributed by atoms with van der Waals surface area (Å²) in [4.78, 5) is -0.361. The Kier molecular flexibility index (Phi) is 6.17. The van der Waals surface area contributed by atoms with Crippen molar-refractivity contribution in [2.24, 2.45) is 0 Å². The van der Waals surface area contributed by atoms with Gasteiger partial charge in [0.15, 0.2) is 4.91 Å². The van der Waals surface area contributed by atoms with Gasteiger partial charge in [-0.1, -0.05) is 40.9 Å². The fourth-order valence-corrected chi connectivity index (χ4v) is 4.32. The van der Waals surface area contributed by atoms with E-state index in [0.29, 0.717) is 27.3 Å². The Hall–Kier alpha value is -2.23. The molecule has 2 aromatic carbocycles. The minimum atomic E-state index is -3.96. The second kappa shape index (κ2) is 8.42. The highest BCUT2D eigenvalue weighted by molar-refractivity contribution is 7.95. The maximum atomic E-state index is 12.8. The first-order valence-corrected chi connectivity index (χ1v) is 10.6. The quantitative estimate of drug-likeness (QED) is 0.458. The zero-order chi connectivity index (χ0) is 20.3. The summed E-state index contributed by atoms with van der Waals surface area (Å²) >= 11 is 18.0. The van der Waals surface area contributed by atoms with E-state index < -0.39 is 9.84 Å². The number of benzene rings is 2. The minimum Gasteiger partial charge on any atom is -0.343 e. The van der Waals surface area contributed by atoms with Crippen LogP contribution in [0, 0.1) is 11.3 Å². The molecular formula is C20H13Cl3N2O2S. The lowest BCUT2D eigenvalue weighted by atomic mass is 10.2. The number of nitriles is 1. The molecule has 0 N–H and O–H groups in total. The minimum absolute atomic E-state index is 0.00329. The van der Waals surface area contributed by atoms with Crippen LogP contribution in [0.5, 0.6) is 0 Å². The van der Waals surface area contributed by atoms with Crippen LogP contribution in [-0.2, 0) is 16.4 Å². The van der Waals surface area contributed by atoms with Gasteiger partial charge in [-0.3, -0.25) is 0 Å². The van der Waals surface area contributed by atoms with Gasteiger partial charge in [0, 0.05) is 33.5 Å². The normalized spacial score (nSPS) is 12.0. The van der Waals surface area contributed by atoms with E-state index in [9.17, 15) is 13.7 Å². The average molecular weight is 452 g/mol. The molecule has 0 saturated carbocycles. The Morgan fingerprint density at radius 3 is 2.36 bits per heavy atom. The molecule has 0 amide bonds. The van der Waals surface area contributed by atoms with E-state index in [2.05, 4.69) is 0 Å². The number of halogens is 3. The van der Waals surface area contributed by atoms with E-state index in [1.54, 1.807) is 47.2 Å². The molecule has 0 atom stereocenters. The van der Waals surface area contributed by atoms with E-state index in [-0.39, 0.29) is 9.80 Å². The van der Waals surface area contributed by atoms with Crippen molar-refractivity contribution in [1.29, 1.82) is 5.26 Å². The van der Waals surface area contributed by atoms with Crippen LogP contribution in [0.3, 0.4) is 0 Å². The predicted molar refractivity (Wildman–Crippen MR) is 112 cm³/mol. The molecule has 0 aliphatic carbocycles. The third kappa shape index (κ3) is 4.43. The molecule has 0 bridgehead atoms. The van der Waals surface area contributed by atoms with Crippen molar-refractivity contribution in [2.45, 2.75) is 11.4 Å². The Balaban J connectivity index is 1.97. The van der Waals surface area contributed by atoms with Gasteiger partial charge in [0.05, 0.1) is 4.90 Å². The lowest BCUT2D eigenvalue weighted by Crippen LogP contribution is -2.05. The van der Waals surface area contributed by atoms with Crippen LogP contribution in [0.4, 0.5) is 0 Å². The Labute approximate surface area is 178 Å². The van der Waals surface area contributed by atoms with Crippen LogP contribution in [0.1, 0.15) is 11.3 Å². The third-order valence-corrected chi connectivity index (χ3v) is 6.54. The lowest BCUT2D eigenvalue weighted by Gasteiger charge is -2.10. The number of hydrogen-bond acceptors (Lipinski definition) is 3. The summed E-state index contributed by atoms with van der Waals surface area (Å²) in [6.45, 7) is 0.397. The van der Waals surface area contributed by atoms with Crippen LogP contribution in [0.2, 0.25) is 15.1 Å². The monoisotopic (exact) mass is 450 g/mol. The number of aromatic nitrogens is 1. The molecule has 3 aromatic rings. The molecule has 28 heavy (non-hydrogen) atoms. The van der Waals surface area contributed by atoms with E-state index in [1.807, 2.05) is 0 Å². The summed E-state index contributed by atoms with van der Waals surface area (Å²) in [5, 5.41) is 10.9. The Morgan fingerprint density at radius 1 is 1.04 bits per heavy atom. The summed E-state index contributed by atoms with van der Waals surface area (Å²) in [6.07, 6.45) is 3.12. The van der Waals surface area contributed by atoms with Crippen LogP contribution in [0.15, 0.2) is 70.6 Å².